The third-order valence-corrected chi connectivity index (χ3v) is 3.58. The first-order valence-corrected chi connectivity index (χ1v) is 8.13. The van der Waals surface area contributed by atoms with Gasteiger partial charge < -0.3 is 5.32 Å². The van der Waals surface area contributed by atoms with Crippen LogP contribution in [0.4, 0.5) is 0 Å². The van der Waals surface area contributed by atoms with Crippen molar-refractivity contribution in [2.75, 3.05) is 6.54 Å². The standard InChI is InChI=1S/C21H23NO2.ClH/c1-16(2)14-20(23)12-13-22-15-17-8-10-19(11-9-17)21(24)18-6-4-3-5-7-18;/h3-11,14,22H,12-13,15H2,1-2H3;1H. The summed E-state index contributed by atoms with van der Waals surface area (Å²) >= 11 is 0. The number of nitrogens with one attached hydrogen (secondary N) is 1. The number of carbonyl (C=O) groups excluding carboxylic acids is 2. The molecule has 25 heavy (non-hydrogen) atoms. The van der Waals surface area contributed by atoms with Gasteiger partial charge in [-0.3, -0.25) is 9.59 Å². The zero-order valence-corrected chi connectivity index (χ0v) is 15.4. The van der Waals surface area contributed by atoms with Gasteiger partial charge in [-0.15, -0.1) is 12.4 Å². The van der Waals surface area contributed by atoms with Crippen LogP contribution in [0.1, 0.15) is 41.8 Å². The normalized spacial score (nSPS) is 9.84. The van der Waals surface area contributed by atoms with Crippen molar-refractivity contribution in [1.29, 1.82) is 0 Å². The average molecular weight is 358 g/mol. The van der Waals surface area contributed by atoms with E-state index in [4.69, 9.17) is 0 Å². The molecule has 0 aromatic heterocycles. The van der Waals surface area contributed by atoms with E-state index < -0.39 is 0 Å². The minimum atomic E-state index is 0. The molecule has 0 saturated carbocycles. The van der Waals surface area contributed by atoms with Gasteiger partial charge in [0.1, 0.15) is 0 Å². The molecule has 0 fully saturated rings. The van der Waals surface area contributed by atoms with Gasteiger partial charge in [0.05, 0.1) is 0 Å². The molecule has 0 amide bonds. The van der Waals surface area contributed by atoms with Crippen molar-refractivity contribution in [2.24, 2.45) is 0 Å². The van der Waals surface area contributed by atoms with Crippen molar-refractivity contribution in [3.63, 3.8) is 0 Å². The Balaban J connectivity index is 0.00000312. The van der Waals surface area contributed by atoms with Gasteiger partial charge >= 0.3 is 0 Å². The second-order valence-electron chi connectivity index (χ2n) is 6.01. The highest BCUT2D eigenvalue weighted by Gasteiger charge is 2.07. The minimum Gasteiger partial charge on any atom is -0.312 e. The molecule has 0 bridgehead atoms. The van der Waals surface area contributed by atoms with E-state index >= 15 is 0 Å². The van der Waals surface area contributed by atoms with Gasteiger partial charge in [-0.2, -0.15) is 0 Å². The summed E-state index contributed by atoms with van der Waals surface area (Å²) in [6.45, 7) is 5.17. The predicted octanol–water partition coefficient (Wildman–Crippen LogP) is 4.35. The maximum absolute atomic E-state index is 12.3. The molecule has 0 radical (unpaired) electrons. The Morgan fingerprint density at radius 3 is 2.12 bits per heavy atom. The fourth-order valence-electron chi connectivity index (χ4n) is 2.37. The first kappa shape index (κ1) is 20.8. The second kappa shape index (κ2) is 10.6. The average Bonchev–Trinajstić information content (AvgIpc) is 2.59. The van der Waals surface area contributed by atoms with Crippen LogP contribution in [0, 0.1) is 0 Å². The summed E-state index contributed by atoms with van der Waals surface area (Å²) in [5.41, 5.74) is 3.50. The van der Waals surface area contributed by atoms with Crippen LogP contribution >= 0.6 is 12.4 Å². The highest BCUT2D eigenvalue weighted by Crippen LogP contribution is 2.11. The lowest BCUT2D eigenvalue weighted by Gasteiger charge is -2.06. The lowest BCUT2D eigenvalue weighted by Crippen LogP contribution is -2.17. The molecule has 132 valence electrons. The molecule has 4 heteroatoms. The summed E-state index contributed by atoms with van der Waals surface area (Å²) in [6.07, 6.45) is 2.17. The fraction of sp³-hybridized carbons (Fsp3) is 0.238. The molecule has 2 aromatic rings. The van der Waals surface area contributed by atoms with Gasteiger partial charge in [-0.05, 0) is 25.5 Å². The summed E-state index contributed by atoms with van der Waals surface area (Å²) in [4.78, 5) is 23.9. The Morgan fingerprint density at radius 1 is 0.920 bits per heavy atom. The van der Waals surface area contributed by atoms with Crippen molar-refractivity contribution in [3.05, 3.63) is 82.9 Å². The Hall–Kier alpha value is -2.23. The van der Waals surface area contributed by atoms with Crippen molar-refractivity contribution in [1.82, 2.24) is 5.32 Å². The number of halogens is 1. The highest BCUT2D eigenvalue weighted by molar-refractivity contribution is 6.08. The number of benzene rings is 2. The summed E-state index contributed by atoms with van der Waals surface area (Å²) < 4.78 is 0. The molecule has 0 spiro atoms. The van der Waals surface area contributed by atoms with Crippen molar-refractivity contribution in [3.8, 4) is 0 Å². The summed E-state index contributed by atoms with van der Waals surface area (Å²) in [7, 11) is 0. The van der Waals surface area contributed by atoms with Crippen LogP contribution in [-0.2, 0) is 11.3 Å². The van der Waals surface area contributed by atoms with Crippen molar-refractivity contribution < 1.29 is 9.59 Å². The molecule has 3 nitrogen and oxygen atoms in total. The number of hydrogen-bond donors (Lipinski definition) is 1. The van der Waals surface area contributed by atoms with Crippen LogP contribution in [-0.4, -0.2) is 18.1 Å². The van der Waals surface area contributed by atoms with Gasteiger partial charge in [0, 0.05) is 30.6 Å². The fourth-order valence-corrected chi connectivity index (χ4v) is 2.37. The maximum atomic E-state index is 12.3. The smallest absolute Gasteiger partial charge is 0.193 e. The van der Waals surface area contributed by atoms with Crippen LogP contribution in [0.25, 0.3) is 0 Å². The zero-order valence-electron chi connectivity index (χ0n) is 14.6. The Bertz CT molecular complexity index is 717. The Kier molecular flexibility index (Phi) is 8.82. The van der Waals surface area contributed by atoms with Gasteiger partial charge in [0.25, 0.3) is 0 Å². The summed E-state index contributed by atoms with van der Waals surface area (Å²) in [6, 6.07) is 16.9. The number of ketones is 2. The van der Waals surface area contributed by atoms with E-state index in [-0.39, 0.29) is 24.0 Å². The Labute approximate surface area is 155 Å². The molecule has 0 aliphatic heterocycles. The molecular weight excluding hydrogens is 334 g/mol. The van der Waals surface area contributed by atoms with Crippen LogP contribution in [0.2, 0.25) is 0 Å². The first-order valence-electron chi connectivity index (χ1n) is 8.13. The highest BCUT2D eigenvalue weighted by atomic mass is 35.5. The van der Waals surface area contributed by atoms with E-state index in [0.29, 0.717) is 30.6 Å². The topological polar surface area (TPSA) is 46.2 Å². The van der Waals surface area contributed by atoms with Gasteiger partial charge in [-0.25, -0.2) is 0 Å². The van der Waals surface area contributed by atoms with Crippen molar-refractivity contribution in [2.45, 2.75) is 26.8 Å². The molecule has 2 aromatic carbocycles. The Morgan fingerprint density at radius 2 is 1.52 bits per heavy atom. The van der Waals surface area contributed by atoms with Crippen LogP contribution in [0.15, 0.2) is 66.2 Å². The number of allylic oxidation sites excluding steroid dienone is 2. The molecule has 0 atom stereocenters. The number of hydrogen-bond acceptors (Lipinski definition) is 3. The summed E-state index contributed by atoms with van der Waals surface area (Å²) in [5.74, 6) is 0.175. The third-order valence-electron chi connectivity index (χ3n) is 3.58. The SMILES string of the molecule is CC(C)=CC(=O)CCNCc1ccc(C(=O)c2ccccc2)cc1.Cl. The quantitative estimate of drug-likeness (QED) is 0.434. The number of rotatable bonds is 8. The van der Waals surface area contributed by atoms with Gasteiger partial charge in [-0.1, -0.05) is 60.2 Å². The van der Waals surface area contributed by atoms with E-state index in [1.807, 2.05) is 68.4 Å². The third kappa shape index (κ3) is 7.04. The monoisotopic (exact) mass is 357 g/mol. The maximum Gasteiger partial charge on any atom is 0.193 e. The van der Waals surface area contributed by atoms with Crippen molar-refractivity contribution >= 4 is 24.0 Å². The molecule has 2 rings (SSSR count). The molecule has 0 aliphatic rings. The van der Waals surface area contributed by atoms with Crippen LogP contribution < -0.4 is 5.32 Å². The lowest BCUT2D eigenvalue weighted by atomic mass is 10.0. The summed E-state index contributed by atoms with van der Waals surface area (Å²) in [5, 5.41) is 3.25. The predicted molar refractivity (Wildman–Crippen MR) is 104 cm³/mol. The molecule has 0 heterocycles. The van der Waals surface area contributed by atoms with Gasteiger partial charge in [0.15, 0.2) is 11.6 Å². The van der Waals surface area contributed by atoms with Gasteiger partial charge in [0.2, 0.25) is 0 Å². The number of carbonyl (C=O) groups is 2. The molecule has 0 aliphatic carbocycles. The largest absolute Gasteiger partial charge is 0.312 e. The molecule has 0 saturated heterocycles. The van der Waals surface area contributed by atoms with E-state index in [1.54, 1.807) is 6.08 Å². The van der Waals surface area contributed by atoms with E-state index in [1.165, 1.54) is 0 Å². The molecular formula is C21H24ClNO2. The zero-order chi connectivity index (χ0) is 17.4. The minimum absolute atomic E-state index is 0. The van der Waals surface area contributed by atoms with Crippen LogP contribution in [0.3, 0.4) is 0 Å². The van der Waals surface area contributed by atoms with E-state index in [2.05, 4.69) is 5.32 Å². The van der Waals surface area contributed by atoms with E-state index in [0.717, 1.165) is 11.1 Å². The first-order chi connectivity index (χ1) is 11.6. The molecule has 1 N–H and O–H groups in total. The van der Waals surface area contributed by atoms with E-state index in [9.17, 15) is 9.59 Å². The lowest BCUT2D eigenvalue weighted by molar-refractivity contribution is -0.114. The van der Waals surface area contributed by atoms with Crippen LogP contribution in [0.5, 0.6) is 0 Å². The molecule has 0 unspecified atom stereocenters. The second-order valence-corrected chi connectivity index (χ2v) is 6.01.